The Kier molecular flexibility index (Phi) is 33.3. The van der Waals surface area contributed by atoms with E-state index in [1.54, 1.807) is 0 Å². The van der Waals surface area contributed by atoms with Gasteiger partial charge < -0.3 is 19.7 Å². The number of hydrogen-bond acceptors (Lipinski definition) is 6. The Balaban J connectivity index is 3.75. The zero-order chi connectivity index (χ0) is 33.1. The van der Waals surface area contributed by atoms with Crippen molar-refractivity contribution < 1.29 is 29.3 Å². The smallest absolute Gasteiger partial charge is 0.305 e. The monoisotopic (exact) mass is 641 g/mol. The number of carbonyl (C=O) groups excluding carboxylic acids is 2. The zero-order valence-electron chi connectivity index (χ0n) is 30.1. The molecule has 0 atom stereocenters. The second-order valence-electron chi connectivity index (χ2n) is 13.8. The lowest BCUT2D eigenvalue weighted by Gasteiger charge is -2.28. The molecule has 0 radical (unpaired) electrons. The summed E-state index contributed by atoms with van der Waals surface area (Å²) >= 11 is 0. The molecule has 0 bridgehead atoms. The summed E-state index contributed by atoms with van der Waals surface area (Å²) in [4.78, 5) is 24.5. The fourth-order valence-electron chi connectivity index (χ4n) is 5.81. The first-order valence-corrected chi connectivity index (χ1v) is 19.6. The number of rotatable bonds is 36. The summed E-state index contributed by atoms with van der Waals surface area (Å²) in [5.74, 6) is -0.650. The molecule has 0 aromatic rings. The van der Waals surface area contributed by atoms with Crippen LogP contribution in [0.1, 0.15) is 206 Å². The van der Waals surface area contributed by atoms with Crippen LogP contribution < -0.4 is 0 Å². The van der Waals surface area contributed by atoms with Gasteiger partial charge in [-0.3, -0.25) is 9.59 Å². The molecule has 0 aliphatic heterocycles. The molecule has 6 nitrogen and oxygen atoms in total. The Bertz CT molecular complexity index is 583. The highest BCUT2D eigenvalue weighted by Gasteiger charge is 2.33. The van der Waals surface area contributed by atoms with Gasteiger partial charge in [0.1, 0.15) is 13.2 Å². The molecule has 268 valence electrons. The molecule has 0 fully saturated rings. The first-order valence-electron chi connectivity index (χ1n) is 19.6. The molecule has 0 spiro atoms. The SMILES string of the molecule is CCCCCCCCCCCCCCCCC(=O)OCC(CO)(CO)COC(=O)CCCCCCCCCCCCCCCC. The lowest BCUT2D eigenvalue weighted by molar-refractivity contribution is -0.159. The first-order chi connectivity index (χ1) is 22.0. The second kappa shape index (κ2) is 34.2. The Labute approximate surface area is 279 Å². The van der Waals surface area contributed by atoms with E-state index in [0.717, 1.165) is 38.5 Å². The average molecular weight is 641 g/mol. The molecular formula is C39H76O6. The molecule has 0 aromatic carbocycles. The summed E-state index contributed by atoms with van der Waals surface area (Å²) in [7, 11) is 0. The maximum atomic E-state index is 12.2. The van der Waals surface area contributed by atoms with Gasteiger partial charge in [-0.2, -0.15) is 0 Å². The van der Waals surface area contributed by atoms with Crippen LogP contribution in [0.4, 0.5) is 0 Å². The van der Waals surface area contributed by atoms with Gasteiger partial charge in [0.25, 0.3) is 0 Å². The molecule has 0 saturated heterocycles. The lowest BCUT2D eigenvalue weighted by Crippen LogP contribution is -2.41. The van der Waals surface area contributed by atoms with Gasteiger partial charge >= 0.3 is 11.9 Å². The van der Waals surface area contributed by atoms with Gasteiger partial charge in [0, 0.05) is 12.8 Å². The van der Waals surface area contributed by atoms with Gasteiger partial charge in [0.15, 0.2) is 0 Å². The Morgan fingerprint density at radius 1 is 0.400 bits per heavy atom. The minimum atomic E-state index is -1.16. The van der Waals surface area contributed by atoms with Gasteiger partial charge in [-0.1, -0.05) is 181 Å². The number of carbonyl (C=O) groups is 2. The van der Waals surface area contributed by atoms with Crippen LogP contribution in [-0.2, 0) is 19.1 Å². The third kappa shape index (κ3) is 30.0. The highest BCUT2D eigenvalue weighted by Crippen LogP contribution is 2.20. The normalized spacial score (nSPS) is 11.6. The van der Waals surface area contributed by atoms with Crippen LogP contribution in [0.15, 0.2) is 0 Å². The third-order valence-electron chi connectivity index (χ3n) is 9.22. The zero-order valence-corrected chi connectivity index (χ0v) is 30.1. The van der Waals surface area contributed by atoms with Crippen molar-refractivity contribution in [3.63, 3.8) is 0 Å². The van der Waals surface area contributed by atoms with Crippen molar-refractivity contribution in [3.05, 3.63) is 0 Å². The molecule has 0 aromatic heterocycles. The number of aliphatic hydroxyl groups is 2. The number of esters is 2. The molecule has 0 rings (SSSR count). The quantitative estimate of drug-likeness (QED) is 0.0523. The summed E-state index contributed by atoms with van der Waals surface area (Å²) in [5.41, 5.74) is -1.16. The fraction of sp³-hybridized carbons (Fsp3) is 0.949. The molecule has 0 aliphatic rings. The summed E-state index contributed by atoms with van der Waals surface area (Å²) in [6.45, 7) is 3.39. The summed E-state index contributed by atoms with van der Waals surface area (Å²) in [6, 6.07) is 0. The van der Waals surface area contributed by atoms with E-state index in [2.05, 4.69) is 13.8 Å². The van der Waals surface area contributed by atoms with Crippen LogP contribution in [0.5, 0.6) is 0 Å². The maximum absolute atomic E-state index is 12.2. The number of ether oxygens (including phenoxy) is 2. The predicted octanol–water partition coefficient (Wildman–Crippen LogP) is 10.8. The lowest BCUT2D eigenvalue weighted by atomic mass is 9.92. The van der Waals surface area contributed by atoms with E-state index in [1.165, 1.54) is 141 Å². The van der Waals surface area contributed by atoms with Crippen molar-refractivity contribution in [2.24, 2.45) is 5.41 Å². The van der Waals surface area contributed by atoms with E-state index < -0.39 is 18.6 Å². The van der Waals surface area contributed by atoms with Crippen molar-refractivity contribution in [1.29, 1.82) is 0 Å². The summed E-state index contributed by atoms with van der Waals surface area (Å²) in [5, 5.41) is 19.8. The number of aliphatic hydroxyl groups excluding tert-OH is 2. The second-order valence-corrected chi connectivity index (χ2v) is 13.8. The van der Waals surface area contributed by atoms with E-state index in [1.807, 2.05) is 0 Å². The minimum absolute atomic E-state index is 0.149. The Hall–Kier alpha value is -1.14. The summed E-state index contributed by atoms with van der Waals surface area (Å²) in [6.07, 6.45) is 36.0. The van der Waals surface area contributed by atoms with E-state index in [-0.39, 0.29) is 25.2 Å². The molecule has 2 N–H and O–H groups in total. The van der Waals surface area contributed by atoms with Crippen molar-refractivity contribution in [1.82, 2.24) is 0 Å². The van der Waals surface area contributed by atoms with Crippen LogP contribution in [0.2, 0.25) is 0 Å². The van der Waals surface area contributed by atoms with E-state index in [0.29, 0.717) is 12.8 Å². The van der Waals surface area contributed by atoms with Gasteiger partial charge in [0.05, 0.1) is 18.6 Å². The van der Waals surface area contributed by atoms with Gasteiger partial charge in [-0.05, 0) is 12.8 Å². The van der Waals surface area contributed by atoms with Crippen molar-refractivity contribution in [3.8, 4) is 0 Å². The number of unbranched alkanes of at least 4 members (excludes halogenated alkanes) is 26. The van der Waals surface area contributed by atoms with Crippen LogP contribution in [0.25, 0.3) is 0 Å². The third-order valence-corrected chi connectivity index (χ3v) is 9.22. The topological polar surface area (TPSA) is 93.1 Å². The van der Waals surface area contributed by atoms with Crippen LogP contribution in [-0.4, -0.2) is 48.6 Å². The molecule has 0 heterocycles. The highest BCUT2D eigenvalue weighted by molar-refractivity contribution is 5.69. The molecule has 0 unspecified atom stereocenters. The molecule has 45 heavy (non-hydrogen) atoms. The largest absolute Gasteiger partial charge is 0.465 e. The summed E-state index contributed by atoms with van der Waals surface area (Å²) < 4.78 is 10.7. The first kappa shape index (κ1) is 43.9. The van der Waals surface area contributed by atoms with Crippen molar-refractivity contribution >= 4 is 11.9 Å². The molecule has 0 saturated carbocycles. The molecule has 0 amide bonds. The molecule has 0 aliphatic carbocycles. The Morgan fingerprint density at radius 2 is 0.622 bits per heavy atom. The van der Waals surface area contributed by atoms with Gasteiger partial charge in [-0.15, -0.1) is 0 Å². The molecule has 6 heteroatoms. The maximum Gasteiger partial charge on any atom is 0.305 e. The number of hydrogen-bond donors (Lipinski definition) is 2. The van der Waals surface area contributed by atoms with E-state index in [4.69, 9.17) is 9.47 Å². The predicted molar refractivity (Wildman–Crippen MR) is 188 cm³/mol. The van der Waals surface area contributed by atoms with Gasteiger partial charge in [-0.25, -0.2) is 0 Å². The fourth-order valence-corrected chi connectivity index (χ4v) is 5.81. The van der Waals surface area contributed by atoms with E-state index >= 15 is 0 Å². The minimum Gasteiger partial charge on any atom is -0.465 e. The van der Waals surface area contributed by atoms with Gasteiger partial charge in [0.2, 0.25) is 0 Å². The van der Waals surface area contributed by atoms with Crippen molar-refractivity contribution in [2.75, 3.05) is 26.4 Å². The van der Waals surface area contributed by atoms with Crippen LogP contribution in [0, 0.1) is 5.41 Å². The van der Waals surface area contributed by atoms with Crippen molar-refractivity contribution in [2.45, 2.75) is 206 Å². The molecular weight excluding hydrogens is 564 g/mol. The highest BCUT2D eigenvalue weighted by atomic mass is 16.5. The standard InChI is InChI=1S/C39H76O6/c1-3-5-7-9-11-13-15-17-19-21-23-25-27-29-31-37(42)44-35-39(33-40,34-41)36-45-38(43)32-30-28-26-24-22-20-18-16-14-12-10-8-6-4-2/h40-41H,3-36H2,1-2H3. The van der Waals surface area contributed by atoms with E-state index in [9.17, 15) is 19.8 Å². The van der Waals surface area contributed by atoms with Crippen LogP contribution in [0.3, 0.4) is 0 Å². The average Bonchev–Trinajstić information content (AvgIpc) is 3.05. The Morgan fingerprint density at radius 3 is 0.844 bits per heavy atom. The van der Waals surface area contributed by atoms with Crippen LogP contribution >= 0.6 is 0 Å².